The van der Waals surface area contributed by atoms with Crippen molar-refractivity contribution in [2.75, 3.05) is 0 Å². The lowest BCUT2D eigenvalue weighted by Crippen LogP contribution is -2.41. The van der Waals surface area contributed by atoms with Crippen molar-refractivity contribution in [2.24, 2.45) is 5.41 Å². The van der Waals surface area contributed by atoms with Crippen LogP contribution in [-0.4, -0.2) is 28.0 Å². The average Bonchev–Trinajstić information content (AvgIpc) is 2.33. The summed E-state index contributed by atoms with van der Waals surface area (Å²) >= 11 is 1.32. The fourth-order valence-corrected chi connectivity index (χ4v) is 3.04. The van der Waals surface area contributed by atoms with E-state index in [9.17, 15) is 9.59 Å². The van der Waals surface area contributed by atoms with E-state index in [0.717, 1.165) is 25.7 Å². The van der Waals surface area contributed by atoms with Gasteiger partial charge in [-0.15, -0.1) is 0 Å². The third kappa shape index (κ3) is 8.45. The van der Waals surface area contributed by atoms with Gasteiger partial charge in [-0.05, 0) is 12.8 Å². The van der Waals surface area contributed by atoms with E-state index in [1.807, 2.05) is 53.7 Å². The average molecular weight is 341 g/mol. The van der Waals surface area contributed by atoms with Gasteiger partial charge in [-0.25, -0.2) is 0 Å². The second-order valence-electron chi connectivity index (χ2n) is 8.25. The van der Waals surface area contributed by atoms with Crippen molar-refractivity contribution in [3.05, 3.63) is 12.2 Å². The van der Waals surface area contributed by atoms with Gasteiger partial charge in [0, 0.05) is 22.2 Å². The van der Waals surface area contributed by atoms with Gasteiger partial charge in [0.25, 0.3) is 5.24 Å². The Hall–Kier alpha value is -0.970. The molecule has 1 aliphatic rings. The predicted molar refractivity (Wildman–Crippen MR) is 98.7 cm³/mol. The third-order valence-electron chi connectivity index (χ3n) is 3.56. The molecule has 1 aliphatic carbocycles. The van der Waals surface area contributed by atoms with Gasteiger partial charge in [-0.1, -0.05) is 78.3 Å². The molecule has 0 saturated carbocycles. The van der Waals surface area contributed by atoms with Gasteiger partial charge in [0.2, 0.25) is 5.91 Å². The lowest BCUT2D eigenvalue weighted by Gasteiger charge is -2.25. The summed E-state index contributed by atoms with van der Waals surface area (Å²) < 4.78 is -0.0847. The molecule has 0 radical (unpaired) electrons. The van der Waals surface area contributed by atoms with E-state index in [1.165, 1.54) is 11.8 Å². The van der Waals surface area contributed by atoms with Crippen molar-refractivity contribution >= 4 is 22.9 Å². The highest BCUT2D eigenvalue weighted by atomic mass is 32.2. The molecule has 0 heterocycles. The molecule has 0 fully saturated rings. The summed E-state index contributed by atoms with van der Waals surface area (Å²) in [5.74, 6) is 0.0663. The monoisotopic (exact) mass is 340 g/mol. The first-order valence-corrected chi connectivity index (χ1v) is 9.28. The molecule has 2 N–H and O–H groups in total. The Morgan fingerprint density at radius 3 is 1.83 bits per heavy atom. The summed E-state index contributed by atoms with van der Waals surface area (Å²) in [6.45, 7) is 11.8. The summed E-state index contributed by atoms with van der Waals surface area (Å²) in [7, 11) is 0. The number of carbonyl (C=O) groups excluding carboxylic acids is 2. The van der Waals surface area contributed by atoms with E-state index >= 15 is 0 Å². The highest BCUT2D eigenvalue weighted by molar-refractivity contribution is 8.14. The standard InChI is InChI=1S/C18H32N2O2S/c1-17(2,3)15(21)19-13-9-7-8-10-14(12-11-13)20-16(22)23-18(4,5)6/h11-14H,7-10H2,1-6H3,(H,19,21)(H,20,22)/b12-11+. The predicted octanol–water partition coefficient (Wildman–Crippen LogP) is 4.26. The minimum Gasteiger partial charge on any atom is -0.349 e. The van der Waals surface area contributed by atoms with Crippen LogP contribution in [0.1, 0.15) is 67.2 Å². The first-order chi connectivity index (χ1) is 10.5. The molecule has 2 atom stereocenters. The van der Waals surface area contributed by atoms with Crippen LogP contribution in [0.15, 0.2) is 12.2 Å². The van der Waals surface area contributed by atoms with Crippen LogP contribution in [0.2, 0.25) is 0 Å². The number of thioether (sulfide) groups is 1. The Morgan fingerprint density at radius 1 is 0.913 bits per heavy atom. The molecule has 0 bridgehead atoms. The number of nitrogens with one attached hydrogen (secondary N) is 2. The van der Waals surface area contributed by atoms with E-state index in [4.69, 9.17) is 0 Å². The van der Waals surface area contributed by atoms with Crippen LogP contribution in [0, 0.1) is 5.41 Å². The maximum atomic E-state index is 12.1. The van der Waals surface area contributed by atoms with Gasteiger partial charge in [0.1, 0.15) is 0 Å². The first-order valence-electron chi connectivity index (χ1n) is 8.46. The molecule has 0 spiro atoms. The van der Waals surface area contributed by atoms with E-state index in [-0.39, 0.29) is 33.4 Å². The Morgan fingerprint density at radius 2 is 1.39 bits per heavy atom. The number of hydrogen-bond acceptors (Lipinski definition) is 3. The fraction of sp³-hybridized carbons (Fsp3) is 0.778. The van der Waals surface area contributed by atoms with Gasteiger partial charge in [-0.3, -0.25) is 9.59 Å². The lowest BCUT2D eigenvalue weighted by atomic mass is 9.94. The molecular weight excluding hydrogens is 308 g/mol. The summed E-state index contributed by atoms with van der Waals surface area (Å²) in [5, 5.41) is 6.18. The maximum Gasteiger partial charge on any atom is 0.280 e. The minimum atomic E-state index is -0.382. The Labute approximate surface area is 145 Å². The first kappa shape index (κ1) is 20.1. The third-order valence-corrected chi connectivity index (χ3v) is 4.47. The number of carbonyl (C=O) groups is 2. The van der Waals surface area contributed by atoms with Crippen molar-refractivity contribution < 1.29 is 9.59 Å². The molecule has 4 nitrogen and oxygen atoms in total. The van der Waals surface area contributed by atoms with Gasteiger partial charge >= 0.3 is 0 Å². The molecule has 0 aliphatic heterocycles. The zero-order valence-electron chi connectivity index (χ0n) is 15.4. The summed E-state index contributed by atoms with van der Waals surface area (Å²) in [6, 6.07) is 0.100. The molecule has 2 amide bonds. The number of amides is 2. The highest BCUT2D eigenvalue weighted by Crippen LogP contribution is 2.24. The molecule has 23 heavy (non-hydrogen) atoms. The molecule has 2 unspecified atom stereocenters. The summed E-state index contributed by atoms with van der Waals surface area (Å²) in [5.41, 5.74) is -0.382. The summed E-state index contributed by atoms with van der Waals surface area (Å²) in [4.78, 5) is 24.2. The molecule has 0 aromatic carbocycles. The summed E-state index contributed by atoms with van der Waals surface area (Å²) in [6.07, 6.45) is 8.08. The van der Waals surface area contributed by atoms with Gasteiger partial charge in [0.05, 0.1) is 0 Å². The van der Waals surface area contributed by atoms with Crippen LogP contribution in [0.3, 0.4) is 0 Å². The van der Waals surface area contributed by atoms with Gasteiger partial charge < -0.3 is 10.6 Å². The van der Waals surface area contributed by atoms with E-state index in [1.54, 1.807) is 0 Å². The normalized spacial score (nSPS) is 24.3. The van der Waals surface area contributed by atoms with Crippen LogP contribution in [0.25, 0.3) is 0 Å². The number of rotatable bonds is 2. The van der Waals surface area contributed by atoms with Crippen LogP contribution in [0.4, 0.5) is 4.79 Å². The Kier molecular flexibility index (Phi) is 7.18. The molecular formula is C18H32N2O2S. The van der Waals surface area contributed by atoms with E-state index in [0.29, 0.717) is 0 Å². The van der Waals surface area contributed by atoms with Crippen molar-refractivity contribution in [3.63, 3.8) is 0 Å². The van der Waals surface area contributed by atoms with Crippen LogP contribution in [0.5, 0.6) is 0 Å². The maximum absolute atomic E-state index is 12.1. The Bertz CT molecular complexity index is 447. The smallest absolute Gasteiger partial charge is 0.280 e. The van der Waals surface area contributed by atoms with Crippen molar-refractivity contribution in [3.8, 4) is 0 Å². The molecule has 132 valence electrons. The highest BCUT2D eigenvalue weighted by Gasteiger charge is 2.24. The zero-order valence-corrected chi connectivity index (χ0v) is 16.2. The molecule has 0 aromatic heterocycles. The minimum absolute atomic E-state index is 0.0167. The van der Waals surface area contributed by atoms with Crippen molar-refractivity contribution in [1.82, 2.24) is 10.6 Å². The van der Waals surface area contributed by atoms with Crippen LogP contribution < -0.4 is 10.6 Å². The lowest BCUT2D eigenvalue weighted by molar-refractivity contribution is -0.129. The Balaban J connectivity index is 2.61. The molecule has 0 aromatic rings. The number of hydrogen-bond donors (Lipinski definition) is 2. The van der Waals surface area contributed by atoms with Gasteiger partial charge in [0.15, 0.2) is 0 Å². The van der Waals surface area contributed by atoms with Crippen LogP contribution in [-0.2, 0) is 4.79 Å². The van der Waals surface area contributed by atoms with E-state index < -0.39 is 0 Å². The topological polar surface area (TPSA) is 58.2 Å². The zero-order chi connectivity index (χ0) is 17.7. The fourth-order valence-electron chi connectivity index (χ4n) is 2.27. The van der Waals surface area contributed by atoms with Crippen molar-refractivity contribution in [1.29, 1.82) is 0 Å². The molecule has 5 heteroatoms. The largest absolute Gasteiger partial charge is 0.349 e. The SMILES string of the molecule is CC(C)(C)SC(=O)NC1/C=C/C(NC(=O)C(C)(C)C)CCCC1. The molecule has 1 rings (SSSR count). The second-order valence-corrected chi connectivity index (χ2v) is 10.1. The van der Waals surface area contributed by atoms with Gasteiger partial charge in [-0.2, -0.15) is 0 Å². The van der Waals surface area contributed by atoms with E-state index in [2.05, 4.69) is 10.6 Å². The quantitative estimate of drug-likeness (QED) is 0.739. The molecule has 0 saturated heterocycles. The van der Waals surface area contributed by atoms with Crippen LogP contribution >= 0.6 is 11.8 Å². The van der Waals surface area contributed by atoms with Crippen molar-refractivity contribution in [2.45, 2.75) is 84.1 Å². The second kappa shape index (κ2) is 8.22.